The van der Waals surface area contributed by atoms with Crippen molar-refractivity contribution in [1.82, 2.24) is 14.7 Å². The number of aryl methyl sites for hydroxylation is 1. The standard InChI is InChI=1S/C23H34N4O/c1-17-6-8-19(9-7-17)16-18(2)26-14-11-20(12-15-26)27-21(10-13-24-27)25-22(28)23(3,4)5/h6-10,13,18,20H,11-12,14-16H2,1-5H3,(H,25,28). The summed E-state index contributed by atoms with van der Waals surface area (Å²) in [5.41, 5.74) is 2.30. The zero-order valence-electron chi connectivity index (χ0n) is 17.9. The summed E-state index contributed by atoms with van der Waals surface area (Å²) in [6.45, 7) is 12.4. The number of likely N-dealkylation sites (tertiary alicyclic amines) is 1. The van der Waals surface area contributed by atoms with E-state index in [-0.39, 0.29) is 5.91 Å². The maximum absolute atomic E-state index is 12.3. The number of anilines is 1. The minimum atomic E-state index is -0.413. The highest BCUT2D eigenvalue weighted by Gasteiger charge is 2.27. The molecule has 1 atom stereocenters. The van der Waals surface area contributed by atoms with E-state index in [0.717, 1.165) is 38.2 Å². The minimum absolute atomic E-state index is 0.0263. The molecule has 1 saturated heterocycles. The van der Waals surface area contributed by atoms with Gasteiger partial charge in [0.25, 0.3) is 0 Å². The van der Waals surface area contributed by atoms with E-state index >= 15 is 0 Å². The smallest absolute Gasteiger partial charge is 0.230 e. The molecule has 1 fully saturated rings. The van der Waals surface area contributed by atoms with Crippen molar-refractivity contribution in [2.75, 3.05) is 18.4 Å². The van der Waals surface area contributed by atoms with Crippen LogP contribution in [0.5, 0.6) is 0 Å². The zero-order valence-corrected chi connectivity index (χ0v) is 17.9. The van der Waals surface area contributed by atoms with Crippen LogP contribution in [-0.4, -0.2) is 39.7 Å². The molecule has 2 aromatic rings. The van der Waals surface area contributed by atoms with Gasteiger partial charge in [0.05, 0.1) is 12.2 Å². The van der Waals surface area contributed by atoms with Crippen molar-refractivity contribution in [3.8, 4) is 0 Å². The SMILES string of the molecule is Cc1ccc(CC(C)N2CCC(n3nccc3NC(=O)C(C)(C)C)CC2)cc1. The van der Waals surface area contributed by atoms with Crippen LogP contribution in [0.15, 0.2) is 36.5 Å². The van der Waals surface area contributed by atoms with Crippen LogP contribution in [0.4, 0.5) is 5.82 Å². The van der Waals surface area contributed by atoms with Gasteiger partial charge in [-0.25, -0.2) is 4.68 Å². The molecular weight excluding hydrogens is 348 g/mol. The van der Waals surface area contributed by atoms with Gasteiger partial charge in [0.15, 0.2) is 0 Å². The summed E-state index contributed by atoms with van der Waals surface area (Å²) in [5, 5.41) is 7.55. The molecule has 0 spiro atoms. The molecule has 1 aliphatic heterocycles. The van der Waals surface area contributed by atoms with Gasteiger partial charge in [-0.15, -0.1) is 0 Å². The lowest BCUT2D eigenvalue weighted by Crippen LogP contribution is -2.41. The van der Waals surface area contributed by atoms with Gasteiger partial charge in [-0.3, -0.25) is 4.79 Å². The first kappa shape index (κ1) is 20.6. The van der Waals surface area contributed by atoms with Gasteiger partial charge < -0.3 is 10.2 Å². The van der Waals surface area contributed by atoms with Crippen LogP contribution in [0.1, 0.15) is 57.7 Å². The molecule has 1 amide bonds. The number of piperidine rings is 1. The Kier molecular flexibility index (Phi) is 6.23. The topological polar surface area (TPSA) is 50.2 Å². The maximum atomic E-state index is 12.3. The van der Waals surface area contributed by atoms with E-state index in [1.165, 1.54) is 11.1 Å². The lowest BCUT2D eigenvalue weighted by molar-refractivity contribution is -0.123. The van der Waals surface area contributed by atoms with Crippen LogP contribution in [0, 0.1) is 12.3 Å². The zero-order chi connectivity index (χ0) is 20.3. The van der Waals surface area contributed by atoms with E-state index in [2.05, 4.69) is 53.4 Å². The molecular formula is C23H34N4O. The average Bonchev–Trinajstić information content (AvgIpc) is 3.11. The summed E-state index contributed by atoms with van der Waals surface area (Å²) in [6, 6.07) is 11.6. The van der Waals surface area contributed by atoms with Crippen LogP contribution in [-0.2, 0) is 11.2 Å². The fourth-order valence-electron chi connectivity index (χ4n) is 3.77. The lowest BCUT2D eigenvalue weighted by atomic mass is 9.96. The predicted octanol–water partition coefficient (Wildman–Crippen LogP) is 4.44. The average molecular weight is 383 g/mol. The summed E-state index contributed by atoms with van der Waals surface area (Å²) >= 11 is 0. The fourth-order valence-corrected chi connectivity index (χ4v) is 3.77. The number of carbonyl (C=O) groups is 1. The van der Waals surface area contributed by atoms with E-state index in [9.17, 15) is 4.79 Å². The van der Waals surface area contributed by atoms with Crippen molar-refractivity contribution in [3.63, 3.8) is 0 Å². The molecule has 5 nitrogen and oxygen atoms in total. The normalized spacial score (nSPS) is 17.5. The number of carbonyl (C=O) groups excluding carboxylic acids is 1. The second kappa shape index (κ2) is 8.48. The Morgan fingerprint density at radius 1 is 1.18 bits per heavy atom. The lowest BCUT2D eigenvalue weighted by Gasteiger charge is -2.36. The summed E-state index contributed by atoms with van der Waals surface area (Å²) in [7, 11) is 0. The second-order valence-corrected chi connectivity index (χ2v) is 9.17. The number of aromatic nitrogens is 2. The van der Waals surface area contributed by atoms with Gasteiger partial charge in [-0.05, 0) is 38.7 Å². The first-order valence-corrected chi connectivity index (χ1v) is 10.4. The van der Waals surface area contributed by atoms with Crippen LogP contribution in [0.25, 0.3) is 0 Å². The second-order valence-electron chi connectivity index (χ2n) is 9.17. The van der Waals surface area contributed by atoms with Crippen molar-refractivity contribution < 1.29 is 4.79 Å². The molecule has 1 aromatic heterocycles. The van der Waals surface area contributed by atoms with Gasteiger partial charge in [-0.1, -0.05) is 50.6 Å². The van der Waals surface area contributed by atoms with Crippen LogP contribution in [0.2, 0.25) is 0 Å². The third kappa shape index (κ3) is 5.02. The molecule has 1 aliphatic rings. The number of rotatable bonds is 5. The number of amides is 1. The van der Waals surface area contributed by atoms with Crippen LogP contribution in [0.3, 0.4) is 0 Å². The third-order valence-electron chi connectivity index (χ3n) is 5.71. The highest BCUT2D eigenvalue weighted by molar-refractivity contribution is 5.93. The Labute approximate surface area is 169 Å². The van der Waals surface area contributed by atoms with Crippen LogP contribution < -0.4 is 5.32 Å². The highest BCUT2D eigenvalue weighted by atomic mass is 16.2. The molecule has 2 heterocycles. The van der Waals surface area contributed by atoms with Gasteiger partial charge in [-0.2, -0.15) is 5.10 Å². The quantitative estimate of drug-likeness (QED) is 0.831. The molecule has 1 aromatic carbocycles. The van der Waals surface area contributed by atoms with Gasteiger partial charge >= 0.3 is 0 Å². The molecule has 3 rings (SSSR count). The Morgan fingerprint density at radius 3 is 2.43 bits per heavy atom. The van der Waals surface area contributed by atoms with Crippen molar-refractivity contribution in [2.24, 2.45) is 5.41 Å². The molecule has 28 heavy (non-hydrogen) atoms. The predicted molar refractivity (Wildman–Crippen MR) is 115 cm³/mol. The number of nitrogens with zero attached hydrogens (tertiary/aromatic N) is 3. The minimum Gasteiger partial charge on any atom is -0.310 e. The molecule has 0 aliphatic carbocycles. The molecule has 0 bridgehead atoms. The Balaban J connectivity index is 1.56. The van der Waals surface area contributed by atoms with Gasteiger partial charge in [0.1, 0.15) is 5.82 Å². The maximum Gasteiger partial charge on any atom is 0.230 e. The molecule has 0 saturated carbocycles. The van der Waals surface area contributed by atoms with E-state index in [0.29, 0.717) is 12.1 Å². The Hall–Kier alpha value is -2.14. The first-order valence-electron chi connectivity index (χ1n) is 10.4. The molecule has 1 N–H and O–H groups in total. The summed E-state index contributed by atoms with van der Waals surface area (Å²) in [4.78, 5) is 14.9. The van der Waals surface area contributed by atoms with Crippen molar-refractivity contribution >= 4 is 11.7 Å². The van der Waals surface area contributed by atoms with E-state index in [1.54, 1.807) is 6.20 Å². The number of hydrogen-bond acceptors (Lipinski definition) is 3. The molecule has 1 unspecified atom stereocenters. The summed E-state index contributed by atoms with van der Waals surface area (Å²) in [5.74, 6) is 0.837. The molecule has 152 valence electrons. The van der Waals surface area contributed by atoms with Crippen molar-refractivity contribution in [1.29, 1.82) is 0 Å². The number of benzene rings is 1. The Bertz CT molecular complexity index is 780. The van der Waals surface area contributed by atoms with E-state index in [1.807, 2.05) is 31.5 Å². The number of nitrogens with one attached hydrogen (secondary N) is 1. The fraction of sp³-hybridized carbons (Fsp3) is 0.565. The first-order chi connectivity index (χ1) is 13.2. The number of hydrogen-bond donors (Lipinski definition) is 1. The van der Waals surface area contributed by atoms with Gasteiger partial charge in [0.2, 0.25) is 5.91 Å². The van der Waals surface area contributed by atoms with Crippen molar-refractivity contribution in [3.05, 3.63) is 47.7 Å². The summed E-state index contributed by atoms with van der Waals surface area (Å²) < 4.78 is 2.01. The Morgan fingerprint density at radius 2 is 1.82 bits per heavy atom. The van der Waals surface area contributed by atoms with Crippen LogP contribution >= 0.6 is 0 Å². The van der Waals surface area contributed by atoms with Crippen molar-refractivity contribution in [2.45, 2.75) is 66.0 Å². The summed E-state index contributed by atoms with van der Waals surface area (Å²) in [6.07, 6.45) is 4.97. The van der Waals surface area contributed by atoms with Gasteiger partial charge in [0, 0.05) is 30.6 Å². The van der Waals surface area contributed by atoms with E-state index in [4.69, 9.17) is 0 Å². The third-order valence-corrected chi connectivity index (χ3v) is 5.71. The monoisotopic (exact) mass is 382 g/mol. The molecule has 0 radical (unpaired) electrons. The highest BCUT2D eigenvalue weighted by Crippen LogP contribution is 2.28. The van der Waals surface area contributed by atoms with E-state index < -0.39 is 5.41 Å². The molecule has 5 heteroatoms. The largest absolute Gasteiger partial charge is 0.310 e.